The molecule has 1 aliphatic rings. The zero-order chi connectivity index (χ0) is 17.1. The van der Waals surface area contributed by atoms with Gasteiger partial charge in [-0.3, -0.25) is 10.00 Å². The highest BCUT2D eigenvalue weighted by Gasteiger charge is 2.32. The smallest absolute Gasteiger partial charge is 0.127 e. The Hall–Kier alpha value is -2.05. The minimum atomic E-state index is -0.345. The largest absolute Gasteiger partial charge is 0.496 e. The summed E-state index contributed by atoms with van der Waals surface area (Å²) in [4.78, 5) is 2.25. The van der Waals surface area contributed by atoms with Gasteiger partial charge in [-0.05, 0) is 31.5 Å². The Morgan fingerprint density at radius 3 is 2.54 bits per heavy atom. The predicted molar refractivity (Wildman–Crippen MR) is 91.3 cm³/mol. The first-order valence-corrected chi connectivity index (χ1v) is 8.22. The average molecular weight is 331 g/mol. The van der Waals surface area contributed by atoms with E-state index in [1.54, 1.807) is 14.2 Å². The number of ether oxygens (including phenoxy) is 2. The fourth-order valence-electron chi connectivity index (χ4n) is 3.43. The van der Waals surface area contributed by atoms with Gasteiger partial charge < -0.3 is 14.6 Å². The number of likely N-dealkylation sites (tertiary alicyclic amines) is 1. The van der Waals surface area contributed by atoms with E-state index >= 15 is 0 Å². The van der Waals surface area contributed by atoms with Crippen molar-refractivity contribution in [3.05, 3.63) is 41.2 Å². The van der Waals surface area contributed by atoms with Gasteiger partial charge in [0.05, 0.1) is 31.6 Å². The van der Waals surface area contributed by atoms with Gasteiger partial charge in [0, 0.05) is 31.2 Å². The van der Waals surface area contributed by atoms with E-state index in [0.717, 1.165) is 41.4 Å². The Bertz CT molecular complexity index is 664. The van der Waals surface area contributed by atoms with Crippen molar-refractivity contribution in [2.45, 2.75) is 26.0 Å². The Morgan fingerprint density at radius 1 is 1.25 bits per heavy atom. The van der Waals surface area contributed by atoms with Gasteiger partial charge in [-0.2, -0.15) is 5.10 Å². The van der Waals surface area contributed by atoms with Crippen LogP contribution in [0.5, 0.6) is 11.5 Å². The fourth-order valence-corrected chi connectivity index (χ4v) is 3.43. The molecule has 0 saturated carbocycles. The van der Waals surface area contributed by atoms with Crippen LogP contribution < -0.4 is 9.47 Å². The van der Waals surface area contributed by atoms with Crippen molar-refractivity contribution >= 4 is 0 Å². The fraction of sp³-hybridized carbons (Fsp3) is 0.500. The molecule has 0 bridgehead atoms. The van der Waals surface area contributed by atoms with E-state index in [1.165, 1.54) is 0 Å². The lowest BCUT2D eigenvalue weighted by Crippen LogP contribution is -2.22. The van der Waals surface area contributed by atoms with Crippen LogP contribution in [0.1, 0.15) is 17.0 Å². The number of H-pyrrole nitrogens is 1. The summed E-state index contributed by atoms with van der Waals surface area (Å²) in [5, 5.41) is 17.7. The van der Waals surface area contributed by atoms with E-state index in [1.807, 2.05) is 31.2 Å². The molecule has 2 heterocycles. The third kappa shape index (κ3) is 3.55. The molecule has 2 unspecified atom stereocenters. The zero-order valence-corrected chi connectivity index (χ0v) is 14.5. The zero-order valence-electron chi connectivity index (χ0n) is 14.5. The number of hydrogen-bond donors (Lipinski definition) is 2. The molecule has 1 aromatic heterocycles. The summed E-state index contributed by atoms with van der Waals surface area (Å²) in [6.45, 7) is 4.16. The van der Waals surface area contributed by atoms with Crippen molar-refractivity contribution in [1.29, 1.82) is 0 Å². The van der Waals surface area contributed by atoms with Gasteiger partial charge in [-0.15, -0.1) is 0 Å². The number of aryl methyl sites for hydroxylation is 1. The Labute approximate surface area is 142 Å². The van der Waals surface area contributed by atoms with Crippen molar-refractivity contribution in [2.75, 3.05) is 27.3 Å². The molecule has 2 aromatic rings. The van der Waals surface area contributed by atoms with E-state index in [9.17, 15) is 5.11 Å². The molecule has 1 aromatic carbocycles. The van der Waals surface area contributed by atoms with Gasteiger partial charge in [0.1, 0.15) is 11.5 Å². The number of methoxy groups -OCH3 is 2. The molecule has 6 nitrogen and oxygen atoms in total. The summed E-state index contributed by atoms with van der Waals surface area (Å²) in [5.74, 6) is 1.82. The number of aromatic amines is 1. The molecule has 0 amide bonds. The average Bonchev–Trinajstić information content (AvgIpc) is 3.13. The second-order valence-corrected chi connectivity index (χ2v) is 6.41. The minimum Gasteiger partial charge on any atom is -0.496 e. The highest BCUT2D eigenvalue weighted by atomic mass is 16.5. The lowest BCUT2D eigenvalue weighted by molar-refractivity contribution is 0.140. The first-order valence-electron chi connectivity index (χ1n) is 8.22. The van der Waals surface area contributed by atoms with E-state index in [0.29, 0.717) is 13.1 Å². The van der Waals surface area contributed by atoms with E-state index < -0.39 is 0 Å². The van der Waals surface area contributed by atoms with Crippen LogP contribution in [0.25, 0.3) is 0 Å². The molecule has 2 atom stereocenters. The van der Waals surface area contributed by atoms with E-state index in [4.69, 9.17) is 9.47 Å². The highest BCUT2D eigenvalue weighted by Crippen LogP contribution is 2.31. The number of benzene rings is 1. The number of β-amino-alcohol motifs (C(OH)–C–C–N with tert-alkyl or cyclic N) is 1. The standard InChI is InChI=1S/C18H25N3O3/c1-12-7-14(20-19-12)8-13-9-21(11-16(13)22)10-15-17(23-2)5-4-6-18(15)24-3/h4-7,13,16,22H,8-11H2,1-3H3,(H,19,20). The molecule has 3 rings (SSSR count). The van der Waals surface area contributed by atoms with Crippen molar-refractivity contribution in [3.8, 4) is 11.5 Å². The minimum absolute atomic E-state index is 0.188. The maximum absolute atomic E-state index is 10.4. The monoisotopic (exact) mass is 331 g/mol. The maximum atomic E-state index is 10.4. The van der Waals surface area contributed by atoms with Crippen LogP contribution in [0.2, 0.25) is 0 Å². The quantitative estimate of drug-likeness (QED) is 0.844. The SMILES string of the molecule is COc1cccc(OC)c1CN1CC(O)C(Cc2cc(C)[nH]n2)C1. The summed E-state index contributed by atoms with van der Waals surface area (Å²) in [5.41, 5.74) is 3.08. The molecule has 24 heavy (non-hydrogen) atoms. The molecule has 1 fully saturated rings. The topological polar surface area (TPSA) is 70.6 Å². The van der Waals surface area contributed by atoms with Crippen LogP contribution in [0, 0.1) is 12.8 Å². The van der Waals surface area contributed by atoms with Crippen molar-refractivity contribution in [3.63, 3.8) is 0 Å². The highest BCUT2D eigenvalue weighted by molar-refractivity contribution is 5.44. The van der Waals surface area contributed by atoms with Crippen molar-refractivity contribution in [2.24, 2.45) is 5.92 Å². The molecule has 2 N–H and O–H groups in total. The van der Waals surface area contributed by atoms with E-state index in [2.05, 4.69) is 15.1 Å². The number of rotatable bonds is 6. The third-order valence-corrected chi connectivity index (χ3v) is 4.62. The summed E-state index contributed by atoms with van der Waals surface area (Å²) >= 11 is 0. The van der Waals surface area contributed by atoms with Gasteiger partial charge in [0.25, 0.3) is 0 Å². The summed E-state index contributed by atoms with van der Waals surface area (Å²) in [7, 11) is 3.33. The molecule has 0 spiro atoms. The maximum Gasteiger partial charge on any atom is 0.127 e. The summed E-state index contributed by atoms with van der Waals surface area (Å²) in [6, 6.07) is 7.84. The number of aromatic nitrogens is 2. The normalized spacial score (nSPS) is 21.2. The molecule has 1 saturated heterocycles. The first-order chi connectivity index (χ1) is 11.6. The number of aliphatic hydroxyl groups excluding tert-OH is 1. The number of hydrogen-bond acceptors (Lipinski definition) is 5. The van der Waals surface area contributed by atoms with Gasteiger partial charge in [-0.1, -0.05) is 6.07 Å². The second-order valence-electron chi connectivity index (χ2n) is 6.41. The number of nitrogens with zero attached hydrogens (tertiary/aromatic N) is 2. The summed E-state index contributed by atoms with van der Waals surface area (Å²) in [6.07, 6.45) is 0.438. The Balaban J connectivity index is 1.69. The number of nitrogens with one attached hydrogen (secondary N) is 1. The van der Waals surface area contributed by atoms with Gasteiger partial charge in [0.15, 0.2) is 0 Å². The van der Waals surface area contributed by atoms with Crippen LogP contribution >= 0.6 is 0 Å². The second kappa shape index (κ2) is 7.23. The summed E-state index contributed by atoms with van der Waals surface area (Å²) < 4.78 is 10.9. The third-order valence-electron chi connectivity index (χ3n) is 4.62. The van der Waals surface area contributed by atoms with Crippen LogP contribution in [0.3, 0.4) is 0 Å². The van der Waals surface area contributed by atoms with Gasteiger partial charge in [0.2, 0.25) is 0 Å². The van der Waals surface area contributed by atoms with Crippen LogP contribution in [-0.4, -0.2) is 53.6 Å². The molecular weight excluding hydrogens is 306 g/mol. The molecule has 0 radical (unpaired) electrons. The van der Waals surface area contributed by atoms with Crippen LogP contribution in [-0.2, 0) is 13.0 Å². The van der Waals surface area contributed by atoms with Crippen molar-refractivity contribution in [1.82, 2.24) is 15.1 Å². The number of aliphatic hydroxyl groups is 1. The van der Waals surface area contributed by atoms with Crippen LogP contribution in [0.15, 0.2) is 24.3 Å². The molecule has 130 valence electrons. The molecule has 0 aliphatic carbocycles. The molecule has 6 heteroatoms. The Kier molecular flexibility index (Phi) is 5.06. The predicted octanol–water partition coefficient (Wildman–Crippen LogP) is 1.77. The van der Waals surface area contributed by atoms with Crippen molar-refractivity contribution < 1.29 is 14.6 Å². The van der Waals surface area contributed by atoms with Crippen LogP contribution in [0.4, 0.5) is 0 Å². The molecule has 1 aliphatic heterocycles. The molecular formula is C18H25N3O3. The van der Waals surface area contributed by atoms with Gasteiger partial charge in [-0.25, -0.2) is 0 Å². The lowest BCUT2D eigenvalue weighted by atomic mass is 10.0. The lowest BCUT2D eigenvalue weighted by Gasteiger charge is -2.19. The van der Waals surface area contributed by atoms with E-state index in [-0.39, 0.29) is 12.0 Å². The first kappa shape index (κ1) is 16.8. The van der Waals surface area contributed by atoms with Gasteiger partial charge >= 0.3 is 0 Å². The Morgan fingerprint density at radius 2 is 1.96 bits per heavy atom.